The Labute approximate surface area is 355 Å². The number of thiol groups is 1. The van der Waals surface area contributed by atoms with Gasteiger partial charge in [0.25, 0.3) is 11.8 Å². The van der Waals surface area contributed by atoms with Crippen LogP contribution in [0.3, 0.4) is 0 Å². The SMILES string of the molecule is CC1(C)C(Oc2ccc(C#N)c(Cl)c2)C(C)(C)C1N1C(=O)CC[C@@H](N2C(=O)c3c(cccc3N3CCN(CC4CCN(c5ccc(C(N)=O)cn5)CC4)CC3)[C@H]2S)C1=O. The van der Waals surface area contributed by atoms with Gasteiger partial charge < -0.3 is 25.2 Å². The number of hydrogen-bond acceptors (Lipinski definition) is 11. The van der Waals surface area contributed by atoms with Gasteiger partial charge in [0.15, 0.2) is 0 Å². The number of nitrogens with two attached hydrogens (primary N) is 1. The second-order valence-corrected chi connectivity index (χ2v) is 18.7. The Morgan fingerprint density at radius 2 is 1.68 bits per heavy atom. The number of nitriles is 1. The number of imide groups is 1. The minimum atomic E-state index is -0.847. The fourth-order valence-corrected chi connectivity index (χ4v) is 11.5. The highest BCUT2D eigenvalue weighted by atomic mass is 35.5. The predicted octanol–water partition coefficient (Wildman–Crippen LogP) is 5.53. The average Bonchev–Trinajstić information content (AvgIpc) is 3.47. The van der Waals surface area contributed by atoms with E-state index in [1.54, 1.807) is 35.4 Å². The fraction of sp³-hybridized carbons (Fsp3) is 0.500. The standard InChI is InChI=1S/C44H51ClN8O5S/c1-43(2)41(44(3,4)42(43)58-29-10-8-27(23-46)31(45)22-29)53-35(54)13-11-33(38(53)56)52-39(57)36-30(40(52)59)6-5-7-32(36)50-20-18-49(19-21-50)25-26-14-16-51(17-15-26)34-12-9-28(24-48-34)37(47)55/h5-10,12,22,24,26,33,40-42,59H,11,13-21,25H2,1-4H3,(H2,47,55)/t33-,40-,41?,42?/m1/s1. The van der Waals surface area contributed by atoms with Crippen LogP contribution in [0.2, 0.25) is 5.02 Å². The molecule has 0 radical (unpaired) electrons. The van der Waals surface area contributed by atoms with Crippen molar-refractivity contribution in [2.75, 3.05) is 55.6 Å². The first-order valence-electron chi connectivity index (χ1n) is 20.5. The van der Waals surface area contributed by atoms with Gasteiger partial charge in [-0.25, -0.2) is 4.98 Å². The number of carbonyl (C=O) groups excluding carboxylic acids is 4. The Balaban J connectivity index is 0.910. The second-order valence-electron chi connectivity index (χ2n) is 17.8. The number of piperidine rings is 2. The van der Waals surface area contributed by atoms with E-state index in [1.807, 2.05) is 52.0 Å². The number of primary amides is 1. The second kappa shape index (κ2) is 15.6. The Bertz CT molecular complexity index is 2200. The summed E-state index contributed by atoms with van der Waals surface area (Å²) in [5.74, 6) is 0.590. The first-order valence-corrected chi connectivity index (χ1v) is 21.3. The number of carbonyl (C=O) groups is 4. The molecular formula is C44H51ClN8O5S. The minimum absolute atomic E-state index is 0.130. The maximum Gasteiger partial charge on any atom is 0.258 e. The number of hydrogen-bond donors (Lipinski definition) is 2. The molecule has 2 aromatic carbocycles. The molecule has 59 heavy (non-hydrogen) atoms. The number of amides is 4. The normalized spacial score (nSPS) is 25.7. The number of halogens is 1. The van der Waals surface area contributed by atoms with E-state index in [4.69, 9.17) is 34.7 Å². The van der Waals surface area contributed by atoms with E-state index in [9.17, 15) is 24.4 Å². The maximum absolute atomic E-state index is 14.6. The maximum atomic E-state index is 14.6. The van der Waals surface area contributed by atoms with Crippen LogP contribution in [-0.4, -0.2) is 107 Å². The van der Waals surface area contributed by atoms with E-state index in [-0.39, 0.29) is 36.7 Å². The highest BCUT2D eigenvalue weighted by molar-refractivity contribution is 7.80. The molecule has 1 saturated carbocycles. The Morgan fingerprint density at radius 1 is 0.966 bits per heavy atom. The Kier molecular flexibility index (Phi) is 10.8. The number of pyridine rings is 1. The summed E-state index contributed by atoms with van der Waals surface area (Å²) < 4.78 is 6.46. The summed E-state index contributed by atoms with van der Waals surface area (Å²) in [5, 5.41) is 8.97. The van der Waals surface area contributed by atoms with Crippen LogP contribution >= 0.6 is 24.2 Å². The molecule has 4 aliphatic heterocycles. The zero-order valence-electron chi connectivity index (χ0n) is 33.9. The predicted molar refractivity (Wildman–Crippen MR) is 227 cm³/mol. The largest absolute Gasteiger partial charge is 0.489 e. The number of likely N-dealkylation sites (tertiary alicyclic amines) is 1. The molecule has 15 heteroatoms. The molecular weight excluding hydrogens is 788 g/mol. The van der Waals surface area contributed by atoms with Crippen LogP contribution in [0, 0.1) is 28.1 Å². The van der Waals surface area contributed by atoms with Crippen molar-refractivity contribution in [1.82, 2.24) is 19.7 Å². The van der Waals surface area contributed by atoms with Crippen molar-refractivity contribution in [3.05, 3.63) is 82.0 Å². The van der Waals surface area contributed by atoms with Gasteiger partial charge in [0, 0.05) is 75.3 Å². The molecule has 1 aliphatic carbocycles. The van der Waals surface area contributed by atoms with Gasteiger partial charge in [-0.1, -0.05) is 51.4 Å². The fourth-order valence-electron chi connectivity index (χ4n) is 10.8. The summed E-state index contributed by atoms with van der Waals surface area (Å²) in [7, 11) is 0. The van der Waals surface area contributed by atoms with Gasteiger partial charge in [-0.3, -0.25) is 29.0 Å². The summed E-state index contributed by atoms with van der Waals surface area (Å²) in [4.78, 5) is 68.8. The molecule has 4 fully saturated rings. The lowest BCUT2D eigenvalue weighted by Crippen LogP contribution is -2.77. The van der Waals surface area contributed by atoms with Crippen molar-refractivity contribution >= 4 is 59.4 Å². The number of fused-ring (bicyclic) bond motifs is 1. The van der Waals surface area contributed by atoms with Gasteiger partial charge in [-0.05, 0) is 61.1 Å². The molecule has 3 aromatic rings. The van der Waals surface area contributed by atoms with Gasteiger partial charge in [-0.2, -0.15) is 5.26 Å². The third-order valence-corrected chi connectivity index (χ3v) is 14.2. The number of ether oxygens (including phenoxy) is 1. The molecule has 2 N–H and O–H groups in total. The van der Waals surface area contributed by atoms with Gasteiger partial charge >= 0.3 is 0 Å². The smallest absolute Gasteiger partial charge is 0.258 e. The van der Waals surface area contributed by atoms with E-state index in [0.29, 0.717) is 33.4 Å². The monoisotopic (exact) mass is 838 g/mol. The molecule has 8 rings (SSSR count). The van der Waals surface area contributed by atoms with Crippen LogP contribution < -0.4 is 20.3 Å². The number of aromatic nitrogens is 1. The van der Waals surface area contributed by atoms with Crippen LogP contribution in [0.4, 0.5) is 11.5 Å². The molecule has 0 unspecified atom stereocenters. The van der Waals surface area contributed by atoms with Crippen molar-refractivity contribution in [2.45, 2.75) is 76.9 Å². The number of nitrogens with zero attached hydrogens (tertiary/aromatic N) is 7. The van der Waals surface area contributed by atoms with Crippen molar-refractivity contribution in [2.24, 2.45) is 22.5 Å². The Hall–Kier alpha value is -4.84. The quantitative estimate of drug-likeness (QED) is 0.208. The molecule has 13 nitrogen and oxygen atoms in total. The van der Waals surface area contributed by atoms with Crippen molar-refractivity contribution in [3.8, 4) is 11.8 Å². The topological polar surface area (TPSA) is 156 Å². The first-order chi connectivity index (χ1) is 28.1. The molecule has 5 heterocycles. The van der Waals surface area contributed by atoms with E-state index >= 15 is 0 Å². The molecule has 0 spiro atoms. The third kappa shape index (κ3) is 7.18. The molecule has 3 saturated heterocycles. The van der Waals surface area contributed by atoms with Crippen molar-refractivity contribution in [1.29, 1.82) is 5.26 Å². The molecule has 5 aliphatic rings. The van der Waals surface area contributed by atoms with Gasteiger partial charge in [0.2, 0.25) is 11.8 Å². The lowest BCUT2D eigenvalue weighted by molar-refractivity contribution is -0.216. The van der Waals surface area contributed by atoms with Crippen molar-refractivity contribution < 1.29 is 23.9 Å². The van der Waals surface area contributed by atoms with E-state index in [1.165, 1.54) is 4.90 Å². The summed E-state index contributed by atoms with van der Waals surface area (Å²) in [6, 6.07) is 15.1. The first kappa shape index (κ1) is 40.9. The molecule has 4 amide bonds. The van der Waals surface area contributed by atoms with E-state index in [0.717, 1.165) is 75.7 Å². The van der Waals surface area contributed by atoms with Crippen LogP contribution in [-0.2, 0) is 9.59 Å². The average molecular weight is 839 g/mol. The van der Waals surface area contributed by atoms with E-state index < -0.39 is 34.2 Å². The van der Waals surface area contributed by atoms with Crippen LogP contribution in [0.5, 0.6) is 5.75 Å². The van der Waals surface area contributed by atoms with Crippen LogP contribution in [0.1, 0.15) is 90.6 Å². The lowest BCUT2D eigenvalue weighted by Gasteiger charge is -2.66. The zero-order valence-corrected chi connectivity index (χ0v) is 35.6. The highest BCUT2D eigenvalue weighted by Gasteiger charge is 2.68. The molecule has 1 aromatic heterocycles. The summed E-state index contributed by atoms with van der Waals surface area (Å²) in [6.45, 7) is 14.1. The zero-order chi connectivity index (χ0) is 42.0. The number of benzene rings is 2. The summed E-state index contributed by atoms with van der Waals surface area (Å²) in [6.07, 6.45) is 3.63. The molecule has 2 atom stereocenters. The molecule has 310 valence electrons. The minimum Gasteiger partial charge on any atom is -0.489 e. The number of anilines is 2. The van der Waals surface area contributed by atoms with Gasteiger partial charge in [0.1, 0.15) is 35.2 Å². The van der Waals surface area contributed by atoms with E-state index in [2.05, 4.69) is 25.8 Å². The third-order valence-electron chi connectivity index (χ3n) is 13.4. The van der Waals surface area contributed by atoms with Crippen molar-refractivity contribution in [3.63, 3.8) is 0 Å². The number of piperazine rings is 1. The lowest BCUT2D eigenvalue weighted by atomic mass is 9.48. The van der Waals surface area contributed by atoms with Gasteiger partial charge in [0.05, 0.1) is 33.4 Å². The Morgan fingerprint density at radius 3 is 2.31 bits per heavy atom. The highest BCUT2D eigenvalue weighted by Crippen LogP contribution is 2.59. The van der Waals surface area contributed by atoms with Gasteiger partial charge in [-0.15, -0.1) is 12.6 Å². The summed E-state index contributed by atoms with van der Waals surface area (Å²) in [5.41, 5.74) is 7.08. The van der Waals surface area contributed by atoms with Crippen LogP contribution in [0.25, 0.3) is 0 Å². The molecule has 0 bridgehead atoms. The van der Waals surface area contributed by atoms with Crippen LogP contribution in [0.15, 0.2) is 54.7 Å². The summed E-state index contributed by atoms with van der Waals surface area (Å²) >= 11 is 11.3. The number of rotatable bonds is 9.